The van der Waals surface area contributed by atoms with E-state index >= 15 is 0 Å². The van der Waals surface area contributed by atoms with Crippen LogP contribution in [-0.4, -0.2) is 16.4 Å². The van der Waals surface area contributed by atoms with Crippen LogP contribution in [0.5, 0.6) is 0 Å². The number of anilines is 1. The van der Waals surface area contributed by atoms with Crippen LogP contribution in [0, 0.1) is 0 Å². The van der Waals surface area contributed by atoms with Crippen LogP contribution in [0.4, 0.5) is 5.88 Å². The van der Waals surface area contributed by atoms with E-state index < -0.39 is 0 Å². The Morgan fingerprint density at radius 3 is 2.92 bits per heavy atom. The highest BCUT2D eigenvalue weighted by molar-refractivity contribution is 5.26. The Bertz CT molecular complexity index is 198. The van der Waals surface area contributed by atoms with Gasteiger partial charge in [-0.1, -0.05) is 20.3 Å². The van der Waals surface area contributed by atoms with Crippen molar-refractivity contribution >= 4 is 5.88 Å². The smallest absolute Gasteiger partial charge is 0.245 e. The highest BCUT2D eigenvalue weighted by atomic mass is 16.5. The first kappa shape index (κ1) is 9.03. The first-order valence-electron chi connectivity index (χ1n) is 4.40. The van der Waals surface area contributed by atoms with E-state index in [1.54, 1.807) is 6.20 Å². The van der Waals surface area contributed by atoms with Crippen LogP contribution in [0.15, 0.2) is 10.7 Å². The molecule has 1 atom stereocenters. The van der Waals surface area contributed by atoms with E-state index in [2.05, 4.69) is 29.5 Å². The minimum atomic E-state index is 0.477. The predicted molar refractivity (Wildman–Crippen MR) is 46.9 cm³/mol. The van der Waals surface area contributed by atoms with Crippen molar-refractivity contribution in [2.24, 2.45) is 0 Å². The molecule has 1 unspecified atom stereocenters. The lowest BCUT2D eigenvalue weighted by atomic mass is 10.1. The van der Waals surface area contributed by atoms with Crippen LogP contribution in [0.2, 0.25) is 0 Å². The van der Waals surface area contributed by atoms with Gasteiger partial charge in [-0.05, 0) is 12.8 Å². The molecule has 4 nitrogen and oxygen atoms in total. The van der Waals surface area contributed by atoms with Crippen molar-refractivity contribution in [3.05, 3.63) is 6.20 Å². The summed E-state index contributed by atoms with van der Waals surface area (Å²) in [6.45, 7) is 4.32. The zero-order chi connectivity index (χ0) is 8.81. The van der Waals surface area contributed by atoms with Gasteiger partial charge < -0.3 is 9.84 Å². The van der Waals surface area contributed by atoms with Gasteiger partial charge in [-0.2, -0.15) is 0 Å². The lowest BCUT2D eigenvalue weighted by molar-refractivity contribution is 0.398. The molecular formula is C8H15N3O. The Morgan fingerprint density at radius 1 is 1.58 bits per heavy atom. The van der Waals surface area contributed by atoms with Crippen LogP contribution in [0.1, 0.15) is 33.1 Å². The third-order valence-electron chi connectivity index (χ3n) is 1.84. The largest absolute Gasteiger partial charge is 0.350 e. The molecule has 0 spiro atoms. The maximum absolute atomic E-state index is 4.84. The molecule has 0 aromatic carbocycles. The molecule has 0 bridgehead atoms. The molecular weight excluding hydrogens is 154 g/mol. The van der Waals surface area contributed by atoms with Crippen molar-refractivity contribution in [2.45, 2.75) is 39.2 Å². The molecule has 0 aliphatic heterocycles. The predicted octanol–water partition coefficient (Wildman–Crippen LogP) is 2.06. The van der Waals surface area contributed by atoms with Gasteiger partial charge in [0.05, 0.1) is 0 Å². The number of aromatic nitrogens is 2. The maximum Gasteiger partial charge on any atom is 0.245 e. The maximum atomic E-state index is 4.84. The first-order chi connectivity index (χ1) is 5.86. The van der Waals surface area contributed by atoms with Gasteiger partial charge in [-0.3, -0.25) is 0 Å². The SMILES string of the molecule is CCCC(CC)Nc1cnno1. The van der Waals surface area contributed by atoms with Crippen LogP contribution < -0.4 is 5.32 Å². The molecule has 1 heterocycles. The van der Waals surface area contributed by atoms with Crippen molar-refractivity contribution in [1.82, 2.24) is 10.4 Å². The minimum Gasteiger partial charge on any atom is -0.350 e. The second-order valence-corrected chi connectivity index (χ2v) is 2.82. The molecule has 4 heteroatoms. The van der Waals surface area contributed by atoms with E-state index in [0.29, 0.717) is 11.9 Å². The molecule has 0 saturated carbocycles. The van der Waals surface area contributed by atoms with Crippen molar-refractivity contribution in [3.63, 3.8) is 0 Å². The fourth-order valence-electron chi connectivity index (χ4n) is 1.16. The Morgan fingerprint density at radius 2 is 2.42 bits per heavy atom. The second-order valence-electron chi connectivity index (χ2n) is 2.82. The van der Waals surface area contributed by atoms with Crippen molar-refractivity contribution in [3.8, 4) is 0 Å². The van der Waals surface area contributed by atoms with Gasteiger partial charge in [0.1, 0.15) is 6.20 Å². The molecule has 1 N–H and O–H groups in total. The van der Waals surface area contributed by atoms with Crippen LogP contribution in [0.3, 0.4) is 0 Å². The van der Waals surface area contributed by atoms with E-state index in [4.69, 9.17) is 4.52 Å². The summed E-state index contributed by atoms with van der Waals surface area (Å²) in [4.78, 5) is 0. The summed E-state index contributed by atoms with van der Waals surface area (Å²) in [6.07, 6.45) is 5.01. The van der Waals surface area contributed by atoms with Crippen LogP contribution >= 0.6 is 0 Å². The summed E-state index contributed by atoms with van der Waals surface area (Å²) < 4.78 is 4.84. The Kier molecular flexibility index (Phi) is 3.57. The topological polar surface area (TPSA) is 51.0 Å². The molecule has 1 aromatic rings. The Balaban J connectivity index is 2.37. The molecule has 0 radical (unpaired) electrons. The summed E-state index contributed by atoms with van der Waals surface area (Å²) in [5.41, 5.74) is 0. The molecule has 0 fully saturated rings. The van der Waals surface area contributed by atoms with Gasteiger partial charge in [-0.25, -0.2) is 0 Å². The van der Waals surface area contributed by atoms with Gasteiger partial charge in [0, 0.05) is 11.3 Å². The van der Waals surface area contributed by atoms with Gasteiger partial charge in [0.15, 0.2) is 0 Å². The second kappa shape index (κ2) is 4.74. The summed E-state index contributed by atoms with van der Waals surface area (Å²) >= 11 is 0. The Labute approximate surface area is 72.3 Å². The quantitative estimate of drug-likeness (QED) is 0.733. The highest BCUT2D eigenvalue weighted by Crippen LogP contribution is 2.10. The zero-order valence-corrected chi connectivity index (χ0v) is 7.58. The highest BCUT2D eigenvalue weighted by Gasteiger charge is 2.06. The van der Waals surface area contributed by atoms with Crippen LogP contribution in [-0.2, 0) is 0 Å². The average molecular weight is 169 g/mol. The number of nitrogens with one attached hydrogen (secondary N) is 1. The van der Waals surface area contributed by atoms with E-state index in [-0.39, 0.29) is 0 Å². The molecule has 0 amide bonds. The molecule has 12 heavy (non-hydrogen) atoms. The van der Waals surface area contributed by atoms with Gasteiger partial charge >= 0.3 is 0 Å². The van der Waals surface area contributed by atoms with E-state index in [1.807, 2.05) is 0 Å². The van der Waals surface area contributed by atoms with Crippen molar-refractivity contribution in [2.75, 3.05) is 5.32 Å². The van der Waals surface area contributed by atoms with E-state index in [0.717, 1.165) is 12.8 Å². The molecule has 0 aliphatic carbocycles. The van der Waals surface area contributed by atoms with Crippen molar-refractivity contribution < 1.29 is 4.52 Å². The number of hydrogen-bond acceptors (Lipinski definition) is 4. The summed E-state index contributed by atoms with van der Waals surface area (Å²) in [5.74, 6) is 0.662. The third-order valence-corrected chi connectivity index (χ3v) is 1.84. The average Bonchev–Trinajstić information content (AvgIpc) is 2.56. The zero-order valence-electron chi connectivity index (χ0n) is 7.58. The minimum absolute atomic E-state index is 0.477. The van der Waals surface area contributed by atoms with E-state index in [1.165, 1.54) is 6.42 Å². The summed E-state index contributed by atoms with van der Waals surface area (Å²) in [5, 5.41) is 10.2. The normalized spacial score (nSPS) is 12.8. The Hall–Kier alpha value is -1.06. The number of rotatable bonds is 5. The van der Waals surface area contributed by atoms with Crippen molar-refractivity contribution in [1.29, 1.82) is 0 Å². The van der Waals surface area contributed by atoms with Crippen LogP contribution in [0.25, 0.3) is 0 Å². The molecule has 1 aromatic heterocycles. The standard InChI is InChI=1S/C8H15N3O/c1-3-5-7(4-2)10-8-6-9-11-12-8/h6-7,10H,3-5H2,1-2H3. The number of nitrogens with zero attached hydrogens (tertiary/aromatic N) is 2. The molecule has 0 saturated heterocycles. The van der Waals surface area contributed by atoms with E-state index in [9.17, 15) is 0 Å². The fraction of sp³-hybridized carbons (Fsp3) is 0.750. The lowest BCUT2D eigenvalue weighted by Gasteiger charge is -2.13. The van der Waals surface area contributed by atoms with Gasteiger partial charge in [0.25, 0.3) is 0 Å². The summed E-state index contributed by atoms with van der Waals surface area (Å²) in [6, 6.07) is 0.477. The molecule has 1 rings (SSSR count). The monoisotopic (exact) mass is 169 g/mol. The van der Waals surface area contributed by atoms with Gasteiger partial charge in [0.2, 0.25) is 5.88 Å². The number of hydrogen-bond donors (Lipinski definition) is 1. The first-order valence-corrected chi connectivity index (χ1v) is 4.40. The lowest BCUT2D eigenvalue weighted by Crippen LogP contribution is -2.17. The van der Waals surface area contributed by atoms with Gasteiger partial charge in [-0.15, -0.1) is 5.10 Å². The summed E-state index contributed by atoms with van der Waals surface area (Å²) in [7, 11) is 0. The third kappa shape index (κ3) is 2.53. The molecule has 68 valence electrons. The molecule has 0 aliphatic rings. The fourth-order valence-corrected chi connectivity index (χ4v) is 1.16.